The molecule has 1 aromatic carbocycles. The molecule has 1 aliphatic carbocycles. The molecular weight excluding hydrogens is 230 g/mol. The van der Waals surface area contributed by atoms with Gasteiger partial charge in [-0.2, -0.15) is 0 Å². The van der Waals surface area contributed by atoms with E-state index in [2.05, 4.69) is 0 Å². The van der Waals surface area contributed by atoms with E-state index in [0.717, 1.165) is 25.7 Å². The van der Waals surface area contributed by atoms with Crippen LogP contribution in [0.5, 0.6) is 5.75 Å². The summed E-state index contributed by atoms with van der Waals surface area (Å²) in [5.41, 5.74) is 7.51. The van der Waals surface area contributed by atoms with Gasteiger partial charge in [-0.3, -0.25) is 0 Å². The molecule has 0 unspecified atom stereocenters. The summed E-state index contributed by atoms with van der Waals surface area (Å²) in [6.45, 7) is 1.70. The zero-order chi connectivity index (χ0) is 13.3. The van der Waals surface area contributed by atoms with Crippen LogP contribution in [0.4, 0.5) is 0 Å². The van der Waals surface area contributed by atoms with Gasteiger partial charge >= 0.3 is 5.97 Å². The predicted octanol–water partition coefficient (Wildman–Crippen LogP) is 2.59. The number of carboxylic acid groups (broad SMARTS) is 1. The maximum atomic E-state index is 11.0. The van der Waals surface area contributed by atoms with Crippen LogP contribution in [0.3, 0.4) is 0 Å². The van der Waals surface area contributed by atoms with Crippen LogP contribution in [0.25, 0.3) is 0 Å². The molecule has 1 atom stereocenters. The molecule has 0 heterocycles. The number of benzene rings is 1. The molecule has 0 spiro atoms. The molecule has 0 aromatic heterocycles. The number of phenolic OH excluding ortho intramolecular Hbond substituents is 1. The lowest BCUT2D eigenvalue weighted by Crippen LogP contribution is -2.20. The normalized spacial score (nSPS) is 17.9. The first-order valence-electron chi connectivity index (χ1n) is 6.33. The van der Waals surface area contributed by atoms with Gasteiger partial charge in [0.15, 0.2) is 0 Å². The van der Waals surface area contributed by atoms with Crippen LogP contribution in [0.2, 0.25) is 0 Å². The first kappa shape index (κ1) is 12.9. The van der Waals surface area contributed by atoms with Crippen molar-refractivity contribution in [1.29, 1.82) is 0 Å². The number of carboxylic acids is 1. The molecule has 0 saturated heterocycles. The number of hydrogen-bond acceptors (Lipinski definition) is 3. The summed E-state index contributed by atoms with van der Waals surface area (Å²) < 4.78 is 0. The van der Waals surface area contributed by atoms with E-state index in [-0.39, 0.29) is 17.4 Å². The number of rotatable bonds is 3. The molecule has 0 amide bonds. The maximum Gasteiger partial charge on any atom is 0.335 e. The van der Waals surface area contributed by atoms with E-state index in [9.17, 15) is 9.90 Å². The first-order valence-corrected chi connectivity index (χ1v) is 6.33. The van der Waals surface area contributed by atoms with Crippen molar-refractivity contribution < 1.29 is 15.0 Å². The van der Waals surface area contributed by atoms with Crippen LogP contribution in [0.1, 0.15) is 53.2 Å². The number of nitrogens with two attached hydrogens (primary N) is 1. The molecule has 1 saturated carbocycles. The number of carbonyl (C=O) groups is 1. The van der Waals surface area contributed by atoms with Crippen LogP contribution in [-0.2, 0) is 0 Å². The van der Waals surface area contributed by atoms with Gasteiger partial charge in [-0.15, -0.1) is 0 Å². The lowest BCUT2D eigenvalue weighted by atomic mass is 9.89. The molecular formula is C14H19NO3. The number of aromatic carboxylic acids is 1. The highest BCUT2D eigenvalue weighted by Gasteiger charge is 2.26. The van der Waals surface area contributed by atoms with Gasteiger partial charge in [0, 0.05) is 11.6 Å². The molecule has 2 rings (SSSR count). The van der Waals surface area contributed by atoms with E-state index < -0.39 is 5.97 Å². The molecule has 4 nitrogen and oxygen atoms in total. The number of aryl methyl sites for hydroxylation is 1. The second-order valence-electron chi connectivity index (χ2n) is 5.11. The fourth-order valence-electron chi connectivity index (χ4n) is 2.75. The van der Waals surface area contributed by atoms with Crippen molar-refractivity contribution in [2.24, 2.45) is 11.7 Å². The third-order valence-corrected chi connectivity index (χ3v) is 3.84. The summed E-state index contributed by atoms with van der Waals surface area (Å²) in [5.74, 6) is -0.503. The van der Waals surface area contributed by atoms with Gasteiger partial charge in [-0.05, 0) is 43.4 Å². The maximum absolute atomic E-state index is 11.0. The number of hydrogen-bond donors (Lipinski definition) is 3. The Morgan fingerprint density at radius 1 is 1.39 bits per heavy atom. The second kappa shape index (κ2) is 4.98. The van der Waals surface area contributed by atoms with Gasteiger partial charge in [0.05, 0.1) is 5.56 Å². The van der Waals surface area contributed by atoms with E-state index >= 15 is 0 Å². The molecule has 98 valence electrons. The van der Waals surface area contributed by atoms with Gasteiger partial charge in [0.25, 0.3) is 0 Å². The van der Waals surface area contributed by atoms with Crippen molar-refractivity contribution in [3.8, 4) is 5.75 Å². The van der Waals surface area contributed by atoms with Crippen LogP contribution in [0, 0.1) is 12.8 Å². The molecule has 1 aromatic rings. The minimum atomic E-state index is -0.988. The zero-order valence-corrected chi connectivity index (χ0v) is 10.5. The SMILES string of the molecule is Cc1cc(C(=O)O)cc([C@@H](N)C2CCCC2)c1O. The summed E-state index contributed by atoms with van der Waals surface area (Å²) >= 11 is 0. The molecule has 0 bridgehead atoms. The minimum Gasteiger partial charge on any atom is -0.507 e. The van der Waals surface area contributed by atoms with Crippen LogP contribution in [0.15, 0.2) is 12.1 Å². The molecule has 18 heavy (non-hydrogen) atoms. The largest absolute Gasteiger partial charge is 0.507 e. The van der Waals surface area contributed by atoms with Crippen LogP contribution in [-0.4, -0.2) is 16.2 Å². The Bertz CT molecular complexity index is 464. The second-order valence-corrected chi connectivity index (χ2v) is 5.11. The zero-order valence-electron chi connectivity index (χ0n) is 10.5. The Labute approximate surface area is 106 Å². The van der Waals surface area contributed by atoms with Crippen molar-refractivity contribution in [2.75, 3.05) is 0 Å². The lowest BCUT2D eigenvalue weighted by molar-refractivity contribution is 0.0696. The van der Waals surface area contributed by atoms with E-state index in [1.165, 1.54) is 12.1 Å². The Morgan fingerprint density at radius 2 is 2.00 bits per heavy atom. The predicted molar refractivity (Wildman–Crippen MR) is 68.7 cm³/mol. The summed E-state index contributed by atoms with van der Waals surface area (Å²) in [5, 5.41) is 19.1. The third kappa shape index (κ3) is 2.34. The van der Waals surface area contributed by atoms with Crippen LogP contribution < -0.4 is 5.73 Å². The highest BCUT2D eigenvalue weighted by molar-refractivity contribution is 5.88. The average molecular weight is 249 g/mol. The van der Waals surface area contributed by atoms with E-state index in [1.807, 2.05) is 0 Å². The van der Waals surface area contributed by atoms with Crippen molar-refractivity contribution in [3.63, 3.8) is 0 Å². The lowest BCUT2D eigenvalue weighted by Gasteiger charge is -2.21. The van der Waals surface area contributed by atoms with E-state index in [0.29, 0.717) is 17.0 Å². The van der Waals surface area contributed by atoms with Crippen LogP contribution >= 0.6 is 0 Å². The average Bonchev–Trinajstić information content (AvgIpc) is 2.85. The first-order chi connectivity index (χ1) is 8.50. The quantitative estimate of drug-likeness (QED) is 0.768. The molecule has 0 aliphatic heterocycles. The fourth-order valence-corrected chi connectivity index (χ4v) is 2.75. The summed E-state index contributed by atoms with van der Waals surface area (Å²) in [4.78, 5) is 11.0. The van der Waals surface area contributed by atoms with Crippen molar-refractivity contribution in [3.05, 3.63) is 28.8 Å². The Morgan fingerprint density at radius 3 is 2.56 bits per heavy atom. The highest BCUT2D eigenvalue weighted by atomic mass is 16.4. The highest BCUT2D eigenvalue weighted by Crippen LogP contribution is 2.38. The number of aromatic hydroxyl groups is 1. The minimum absolute atomic E-state index is 0.138. The van der Waals surface area contributed by atoms with Crippen molar-refractivity contribution in [1.82, 2.24) is 0 Å². The van der Waals surface area contributed by atoms with Crippen molar-refractivity contribution in [2.45, 2.75) is 38.6 Å². The Hall–Kier alpha value is -1.55. The summed E-state index contributed by atoms with van der Waals surface area (Å²) in [7, 11) is 0. The summed E-state index contributed by atoms with van der Waals surface area (Å²) in [6.07, 6.45) is 4.43. The molecule has 0 radical (unpaired) electrons. The summed E-state index contributed by atoms with van der Waals surface area (Å²) in [6, 6.07) is 2.71. The monoisotopic (exact) mass is 249 g/mol. The number of phenols is 1. The third-order valence-electron chi connectivity index (χ3n) is 3.84. The fraction of sp³-hybridized carbons (Fsp3) is 0.500. The molecule has 1 fully saturated rings. The van der Waals surface area contributed by atoms with Gasteiger partial charge in [-0.1, -0.05) is 12.8 Å². The Balaban J connectivity index is 2.38. The van der Waals surface area contributed by atoms with Crippen molar-refractivity contribution >= 4 is 5.97 Å². The van der Waals surface area contributed by atoms with Gasteiger partial charge in [0.1, 0.15) is 5.75 Å². The van der Waals surface area contributed by atoms with Gasteiger partial charge < -0.3 is 15.9 Å². The Kier molecular flexibility index (Phi) is 3.57. The van der Waals surface area contributed by atoms with Gasteiger partial charge in [0.2, 0.25) is 0 Å². The van der Waals surface area contributed by atoms with Gasteiger partial charge in [-0.25, -0.2) is 4.79 Å². The standard InChI is InChI=1S/C14H19NO3/c1-8-6-10(14(17)18)7-11(13(8)16)12(15)9-4-2-3-5-9/h6-7,9,12,16H,2-5,15H2,1H3,(H,17,18)/t12-/m0/s1. The topological polar surface area (TPSA) is 83.5 Å². The molecule has 4 heteroatoms. The smallest absolute Gasteiger partial charge is 0.335 e. The molecule has 4 N–H and O–H groups in total. The molecule has 1 aliphatic rings. The van der Waals surface area contributed by atoms with E-state index in [1.54, 1.807) is 6.92 Å². The van der Waals surface area contributed by atoms with E-state index in [4.69, 9.17) is 10.8 Å².